The molecule has 1 heterocycles. The van der Waals surface area contributed by atoms with Crippen LogP contribution in [0.4, 0.5) is 5.69 Å². The van der Waals surface area contributed by atoms with Crippen molar-refractivity contribution in [3.63, 3.8) is 0 Å². The van der Waals surface area contributed by atoms with Crippen LogP contribution >= 0.6 is 0 Å². The number of carboxylic acids is 2. The molecule has 1 saturated carbocycles. The van der Waals surface area contributed by atoms with Gasteiger partial charge in [-0.3, -0.25) is 15.0 Å². The molecular weight excluding hydrogens is 406 g/mol. The van der Waals surface area contributed by atoms with Gasteiger partial charge in [0.1, 0.15) is 0 Å². The quantitative estimate of drug-likeness (QED) is 0.404. The molecule has 1 aromatic rings. The van der Waals surface area contributed by atoms with E-state index in [9.17, 15) is 18.5 Å². The molecule has 0 unspecified atom stereocenters. The average Bonchev–Trinajstić information content (AvgIpc) is 3.23. The second-order valence-electron chi connectivity index (χ2n) is 6.74. The molecule has 1 saturated heterocycles. The molecule has 3 rings (SSSR count). The van der Waals surface area contributed by atoms with Gasteiger partial charge in [0.25, 0.3) is 5.69 Å². The lowest BCUT2D eigenvalue weighted by Crippen LogP contribution is -2.51. The van der Waals surface area contributed by atoms with E-state index < -0.39 is 26.9 Å². The fourth-order valence-corrected chi connectivity index (χ4v) is 4.89. The van der Waals surface area contributed by atoms with Gasteiger partial charge >= 0.3 is 11.9 Å². The summed E-state index contributed by atoms with van der Waals surface area (Å²) >= 11 is 0. The predicted octanol–water partition coefficient (Wildman–Crippen LogP) is 0.999. The van der Waals surface area contributed by atoms with Gasteiger partial charge in [0.15, 0.2) is 0 Å². The highest BCUT2D eigenvalue weighted by Crippen LogP contribution is 2.26. The second-order valence-corrected chi connectivity index (χ2v) is 8.68. The first-order valence-electron chi connectivity index (χ1n) is 9.08. The Morgan fingerprint density at radius 1 is 0.966 bits per heavy atom. The van der Waals surface area contributed by atoms with Crippen LogP contribution in [0, 0.1) is 10.1 Å². The highest BCUT2D eigenvalue weighted by atomic mass is 32.2. The summed E-state index contributed by atoms with van der Waals surface area (Å²) in [5.41, 5.74) is -0.102. The zero-order valence-corrected chi connectivity index (χ0v) is 16.5. The maximum absolute atomic E-state index is 12.6. The van der Waals surface area contributed by atoms with E-state index in [-0.39, 0.29) is 10.6 Å². The van der Waals surface area contributed by atoms with E-state index in [0.717, 1.165) is 13.1 Å². The topological polar surface area (TPSA) is 158 Å². The number of hydrogen-bond acceptors (Lipinski definition) is 7. The molecule has 2 aliphatic rings. The monoisotopic (exact) mass is 429 g/mol. The number of aliphatic carboxylic acids is 2. The van der Waals surface area contributed by atoms with Crippen molar-refractivity contribution in [3.8, 4) is 0 Å². The Bertz CT molecular complexity index is 830. The van der Waals surface area contributed by atoms with Gasteiger partial charge < -0.3 is 10.2 Å². The number of hydrogen-bond donors (Lipinski definition) is 2. The van der Waals surface area contributed by atoms with E-state index in [0.29, 0.717) is 19.1 Å². The standard InChI is InChI=1S/C15H21N3O4S.C2H2O4/c19-18(20)14-5-7-15(8-6-14)23(21,22)17-11-9-16(10-12-17)13-3-1-2-4-13;3-1(4)2(5)6/h5-8,13H,1-4,9-12H2;(H,3,4)(H,5,6). The summed E-state index contributed by atoms with van der Waals surface area (Å²) in [6.45, 7) is 2.49. The smallest absolute Gasteiger partial charge is 0.414 e. The number of rotatable bonds is 4. The van der Waals surface area contributed by atoms with Crippen LogP contribution in [0.5, 0.6) is 0 Å². The first-order valence-corrected chi connectivity index (χ1v) is 10.5. The normalized spacial score (nSPS) is 18.6. The van der Waals surface area contributed by atoms with Crippen LogP contribution < -0.4 is 0 Å². The highest BCUT2D eigenvalue weighted by Gasteiger charge is 2.32. The first-order chi connectivity index (χ1) is 13.6. The minimum atomic E-state index is -3.57. The first kappa shape index (κ1) is 22.7. The molecule has 1 aromatic carbocycles. The van der Waals surface area contributed by atoms with Crippen molar-refractivity contribution in [2.24, 2.45) is 0 Å². The van der Waals surface area contributed by atoms with Gasteiger partial charge in [0.2, 0.25) is 10.0 Å². The third kappa shape index (κ3) is 5.95. The van der Waals surface area contributed by atoms with Crippen molar-refractivity contribution < 1.29 is 33.1 Å². The number of nitro groups is 1. The van der Waals surface area contributed by atoms with Crippen LogP contribution in [0.2, 0.25) is 0 Å². The Hall–Kier alpha value is -2.57. The van der Waals surface area contributed by atoms with Gasteiger partial charge in [-0.15, -0.1) is 0 Å². The van der Waals surface area contributed by atoms with E-state index in [1.807, 2.05) is 0 Å². The largest absolute Gasteiger partial charge is 0.473 e. The van der Waals surface area contributed by atoms with Gasteiger partial charge in [-0.1, -0.05) is 12.8 Å². The number of nitrogens with zero attached hydrogens (tertiary/aromatic N) is 3. The molecule has 0 bridgehead atoms. The number of benzene rings is 1. The van der Waals surface area contributed by atoms with Crippen molar-refractivity contribution in [1.82, 2.24) is 9.21 Å². The number of nitro benzene ring substituents is 1. The third-order valence-electron chi connectivity index (χ3n) is 4.98. The molecule has 12 heteroatoms. The maximum Gasteiger partial charge on any atom is 0.414 e. The minimum absolute atomic E-state index is 0.102. The molecule has 160 valence electrons. The molecule has 1 aliphatic heterocycles. The molecule has 11 nitrogen and oxygen atoms in total. The van der Waals surface area contributed by atoms with Gasteiger partial charge in [-0.2, -0.15) is 4.31 Å². The van der Waals surface area contributed by atoms with Crippen molar-refractivity contribution >= 4 is 27.6 Å². The van der Waals surface area contributed by atoms with Crippen LogP contribution in [0.15, 0.2) is 29.2 Å². The van der Waals surface area contributed by atoms with Crippen LogP contribution in [0.25, 0.3) is 0 Å². The summed E-state index contributed by atoms with van der Waals surface area (Å²) in [6.07, 6.45) is 4.97. The number of carbonyl (C=O) groups is 2. The summed E-state index contributed by atoms with van der Waals surface area (Å²) in [5.74, 6) is -3.65. The van der Waals surface area contributed by atoms with Crippen LogP contribution in [-0.2, 0) is 19.6 Å². The fraction of sp³-hybridized carbons (Fsp3) is 0.529. The van der Waals surface area contributed by atoms with E-state index >= 15 is 0 Å². The van der Waals surface area contributed by atoms with Gasteiger partial charge in [0, 0.05) is 44.4 Å². The minimum Gasteiger partial charge on any atom is -0.473 e. The lowest BCUT2D eigenvalue weighted by molar-refractivity contribution is -0.384. The SMILES string of the molecule is O=C(O)C(=O)O.O=[N+]([O-])c1ccc(S(=O)(=O)N2CCN(C3CCCC3)CC2)cc1. The summed E-state index contributed by atoms with van der Waals surface area (Å²) in [7, 11) is -3.57. The van der Waals surface area contributed by atoms with Gasteiger partial charge in [0.05, 0.1) is 9.82 Å². The van der Waals surface area contributed by atoms with E-state index in [4.69, 9.17) is 19.8 Å². The van der Waals surface area contributed by atoms with Gasteiger partial charge in [-0.25, -0.2) is 18.0 Å². The maximum atomic E-state index is 12.6. The summed E-state index contributed by atoms with van der Waals surface area (Å²) < 4.78 is 26.8. The number of carboxylic acid groups (broad SMARTS) is 2. The molecule has 0 aromatic heterocycles. The van der Waals surface area contributed by atoms with Crippen molar-refractivity contribution in [1.29, 1.82) is 0 Å². The van der Waals surface area contributed by atoms with E-state index in [1.54, 1.807) is 0 Å². The van der Waals surface area contributed by atoms with Crippen molar-refractivity contribution in [2.75, 3.05) is 26.2 Å². The fourth-order valence-electron chi connectivity index (χ4n) is 3.47. The summed E-state index contributed by atoms with van der Waals surface area (Å²) in [5, 5.41) is 25.4. The van der Waals surface area contributed by atoms with E-state index in [2.05, 4.69) is 4.90 Å². The Labute approximate surface area is 167 Å². The lowest BCUT2D eigenvalue weighted by atomic mass is 10.2. The van der Waals surface area contributed by atoms with Crippen LogP contribution in [0.3, 0.4) is 0 Å². The molecule has 29 heavy (non-hydrogen) atoms. The van der Waals surface area contributed by atoms with Crippen molar-refractivity contribution in [3.05, 3.63) is 34.4 Å². The second kappa shape index (κ2) is 9.76. The van der Waals surface area contributed by atoms with Gasteiger partial charge in [-0.05, 0) is 25.0 Å². The summed E-state index contributed by atoms with van der Waals surface area (Å²) in [6, 6.07) is 5.72. The Morgan fingerprint density at radius 2 is 1.45 bits per heavy atom. The molecule has 0 amide bonds. The van der Waals surface area contributed by atoms with E-state index in [1.165, 1.54) is 54.3 Å². The Kier molecular flexibility index (Phi) is 7.65. The zero-order valence-electron chi connectivity index (χ0n) is 15.6. The zero-order chi connectivity index (χ0) is 21.6. The van der Waals surface area contributed by atoms with Crippen LogP contribution in [-0.4, -0.2) is 76.9 Å². The summed E-state index contributed by atoms with van der Waals surface area (Å²) in [4.78, 5) is 30.9. The number of non-ortho nitro benzene ring substituents is 1. The molecule has 0 spiro atoms. The molecule has 2 N–H and O–H groups in total. The number of sulfonamides is 1. The molecule has 0 radical (unpaired) electrons. The number of piperazine rings is 1. The average molecular weight is 429 g/mol. The lowest BCUT2D eigenvalue weighted by Gasteiger charge is -2.37. The van der Waals surface area contributed by atoms with Crippen LogP contribution in [0.1, 0.15) is 25.7 Å². The molecule has 1 aliphatic carbocycles. The molecule has 2 fully saturated rings. The third-order valence-corrected chi connectivity index (χ3v) is 6.90. The highest BCUT2D eigenvalue weighted by molar-refractivity contribution is 7.89. The van der Waals surface area contributed by atoms with Crippen molar-refractivity contribution in [2.45, 2.75) is 36.6 Å². The predicted molar refractivity (Wildman–Crippen MR) is 101 cm³/mol. The molecule has 0 atom stereocenters. The molecular formula is C17H23N3O8S. The Morgan fingerprint density at radius 3 is 1.86 bits per heavy atom. The Balaban J connectivity index is 0.000000438.